The molecular formula is C28H24N2O4S. The molecule has 0 saturated heterocycles. The Labute approximate surface area is 208 Å². The molecule has 0 radical (unpaired) electrons. The van der Waals surface area contributed by atoms with Crippen molar-refractivity contribution < 1.29 is 19.1 Å². The molecule has 35 heavy (non-hydrogen) atoms. The maximum atomic E-state index is 13.4. The molecule has 1 amide bonds. The summed E-state index contributed by atoms with van der Waals surface area (Å²) in [5.74, 6) is 1.25. The molecule has 2 aliphatic heterocycles. The Kier molecular flexibility index (Phi) is 6.17. The van der Waals surface area contributed by atoms with Crippen LogP contribution in [0.25, 0.3) is 6.08 Å². The van der Waals surface area contributed by atoms with Crippen LogP contribution in [0, 0.1) is 20.8 Å². The first-order chi connectivity index (χ1) is 16.9. The average Bonchev–Trinajstić information content (AvgIpc) is 3.44. The summed E-state index contributed by atoms with van der Waals surface area (Å²) in [6.07, 6.45) is 1.73. The lowest BCUT2D eigenvalue weighted by Crippen LogP contribution is -2.30. The molecule has 2 heterocycles. The van der Waals surface area contributed by atoms with Crippen LogP contribution in [0.1, 0.15) is 32.6 Å². The Morgan fingerprint density at radius 2 is 1.71 bits per heavy atom. The number of anilines is 1. The molecule has 0 N–H and O–H groups in total. The molecule has 0 unspecified atom stereocenters. The zero-order valence-electron chi connectivity index (χ0n) is 19.7. The summed E-state index contributed by atoms with van der Waals surface area (Å²) in [5.41, 5.74) is 5.54. The molecule has 0 saturated carbocycles. The third-order valence-corrected chi connectivity index (χ3v) is 6.79. The summed E-state index contributed by atoms with van der Waals surface area (Å²) < 4.78 is 10.8. The Balaban J connectivity index is 1.45. The van der Waals surface area contributed by atoms with E-state index in [-0.39, 0.29) is 24.2 Å². The van der Waals surface area contributed by atoms with Gasteiger partial charge >= 0.3 is 0 Å². The van der Waals surface area contributed by atoms with E-state index in [0.717, 1.165) is 22.3 Å². The molecule has 0 bridgehead atoms. The molecule has 0 aliphatic carbocycles. The number of amidine groups is 1. The van der Waals surface area contributed by atoms with Crippen LogP contribution in [0.5, 0.6) is 11.5 Å². The standard InChI is InChI=1S/C28H24N2O4S/c1-17-5-9-21(10-6-17)30-27(32)23(13-20-8-11-25-26(14-20)34-16-33-25)29-28(30)35-15-24(31)22-12-18(2)4-7-19(22)3/h4-14H,15-16H2,1-3H3. The molecular weight excluding hydrogens is 460 g/mol. The normalized spacial score (nSPS) is 15.6. The van der Waals surface area contributed by atoms with Crippen molar-refractivity contribution in [1.82, 2.24) is 0 Å². The van der Waals surface area contributed by atoms with Crippen LogP contribution in [0.4, 0.5) is 5.69 Å². The van der Waals surface area contributed by atoms with Gasteiger partial charge in [0.15, 0.2) is 22.4 Å². The minimum absolute atomic E-state index is 0.00315. The number of benzene rings is 3. The fourth-order valence-corrected chi connectivity index (χ4v) is 4.82. The smallest absolute Gasteiger partial charge is 0.283 e. The first-order valence-electron chi connectivity index (χ1n) is 11.2. The number of thioether (sulfide) groups is 1. The van der Waals surface area contributed by atoms with Crippen molar-refractivity contribution in [1.29, 1.82) is 0 Å². The third kappa shape index (κ3) is 4.72. The highest BCUT2D eigenvalue weighted by molar-refractivity contribution is 8.14. The fourth-order valence-electron chi connectivity index (χ4n) is 3.92. The summed E-state index contributed by atoms with van der Waals surface area (Å²) in [5, 5.41) is 0.476. The van der Waals surface area contributed by atoms with Gasteiger partial charge in [-0.05, 0) is 68.3 Å². The first-order valence-corrected chi connectivity index (χ1v) is 12.2. The lowest BCUT2D eigenvalue weighted by molar-refractivity contribution is -0.113. The molecule has 7 heteroatoms. The number of nitrogens with zero attached hydrogens (tertiary/aromatic N) is 2. The summed E-state index contributed by atoms with van der Waals surface area (Å²) in [4.78, 5) is 32.7. The maximum absolute atomic E-state index is 13.4. The topological polar surface area (TPSA) is 68.2 Å². The van der Waals surface area contributed by atoms with Crippen LogP contribution in [-0.2, 0) is 4.79 Å². The molecule has 3 aromatic carbocycles. The van der Waals surface area contributed by atoms with E-state index in [2.05, 4.69) is 4.99 Å². The first kappa shape index (κ1) is 22.9. The van der Waals surface area contributed by atoms with E-state index >= 15 is 0 Å². The summed E-state index contributed by atoms with van der Waals surface area (Å²) in [7, 11) is 0. The number of ketones is 1. The number of aliphatic imine (C=N–C) groups is 1. The number of amides is 1. The number of ether oxygens (including phenoxy) is 2. The highest BCUT2D eigenvalue weighted by atomic mass is 32.2. The van der Waals surface area contributed by atoms with Gasteiger partial charge in [-0.15, -0.1) is 0 Å². The molecule has 6 nitrogen and oxygen atoms in total. The van der Waals surface area contributed by atoms with E-state index in [1.807, 2.05) is 81.4 Å². The van der Waals surface area contributed by atoms with Gasteiger partial charge in [0.1, 0.15) is 5.70 Å². The molecule has 0 fully saturated rings. The molecule has 0 spiro atoms. The summed E-state index contributed by atoms with van der Waals surface area (Å²) >= 11 is 1.27. The van der Waals surface area contributed by atoms with Crippen LogP contribution in [0.2, 0.25) is 0 Å². The quantitative estimate of drug-likeness (QED) is 0.343. The van der Waals surface area contributed by atoms with Gasteiger partial charge < -0.3 is 9.47 Å². The molecule has 2 aliphatic rings. The Morgan fingerprint density at radius 1 is 0.971 bits per heavy atom. The van der Waals surface area contributed by atoms with Crippen LogP contribution in [0.3, 0.4) is 0 Å². The number of hydrogen-bond donors (Lipinski definition) is 0. The van der Waals surface area contributed by atoms with E-state index in [9.17, 15) is 9.59 Å². The third-order valence-electron chi connectivity index (χ3n) is 5.85. The van der Waals surface area contributed by atoms with Crippen LogP contribution in [-0.4, -0.2) is 29.4 Å². The van der Waals surface area contributed by atoms with Crippen molar-refractivity contribution in [3.63, 3.8) is 0 Å². The van der Waals surface area contributed by atoms with E-state index in [1.54, 1.807) is 11.0 Å². The van der Waals surface area contributed by atoms with Crippen LogP contribution in [0.15, 0.2) is 71.4 Å². The Morgan fingerprint density at radius 3 is 2.51 bits per heavy atom. The zero-order valence-corrected chi connectivity index (χ0v) is 20.5. The molecule has 0 atom stereocenters. The van der Waals surface area contributed by atoms with E-state index in [4.69, 9.17) is 9.47 Å². The van der Waals surface area contributed by atoms with Gasteiger partial charge in [0.05, 0.1) is 11.4 Å². The predicted octanol–water partition coefficient (Wildman–Crippen LogP) is 5.70. The second-order valence-corrected chi connectivity index (χ2v) is 9.49. The van der Waals surface area contributed by atoms with Gasteiger partial charge in [0, 0.05) is 5.56 Å². The van der Waals surface area contributed by atoms with Crippen molar-refractivity contribution in [2.45, 2.75) is 20.8 Å². The lowest BCUT2D eigenvalue weighted by atomic mass is 10.0. The van der Waals surface area contributed by atoms with Crippen LogP contribution >= 0.6 is 11.8 Å². The molecule has 3 aromatic rings. The number of aryl methyl sites for hydroxylation is 3. The average molecular weight is 485 g/mol. The number of fused-ring (bicyclic) bond motifs is 1. The molecule has 5 rings (SSSR count). The van der Waals surface area contributed by atoms with E-state index in [0.29, 0.717) is 33.6 Å². The van der Waals surface area contributed by atoms with Gasteiger partial charge in [0.25, 0.3) is 5.91 Å². The summed E-state index contributed by atoms with van der Waals surface area (Å²) in [6, 6.07) is 19.0. The zero-order chi connectivity index (χ0) is 24.5. The second kappa shape index (κ2) is 9.43. The largest absolute Gasteiger partial charge is 0.454 e. The number of Topliss-reactive ketones (excluding diaryl/α,β-unsaturated/α-hetero) is 1. The number of carbonyl (C=O) groups excluding carboxylic acids is 2. The molecule has 176 valence electrons. The monoisotopic (exact) mass is 484 g/mol. The van der Waals surface area contributed by atoms with E-state index in [1.165, 1.54) is 11.8 Å². The van der Waals surface area contributed by atoms with Crippen molar-refractivity contribution in [3.05, 3.63) is 94.2 Å². The number of rotatable bonds is 5. The number of hydrogen-bond acceptors (Lipinski definition) is 6. The second-order valence-electron chi connectivity index (χ2n) is 8.54. The predicted molar refractivity (Wildman–Crippen MR) is 139 cm³/mol. The minimum atomic E-state index is -0.242. The van der Waals surface area contributed by atoms with Gasteiger partial charge in [-0.3, -0.25) is 14.5 Å². The fraction of sp³-hybridized carbons (Fsp3) is 0.179. The van der Waals surface area contributed by atoms with Crippen molar-refractivity contribution in [2.75, 3.05) is 17.4 Å². The highest BCUT2D eigenvalue weighted by Crippen LogP contribution is 2.35. The maximum Gasteiger partial charge on any atom is 0.283 e. The van der Waals surface area contributed by atoms with Crippen molar-refractivity contribution >= 4 is 40.4 Å². The van der Waals surface area contributed by atoms with Gasteiger partial charge in [-0.25, -0.2) is 4.99 Å². The minimum Gasteiger partial charge on any atom is -0.454 e. The Hall–Kier alpha value is -3.84. The SMILES string of the molecule is Cc1ccc(N2C(=O)C(=Cc3ccc4c(c3)OCO4)N=C2SCC(=O)c2cc(C)ccc2C)cc1. The summed E-state index contributed by atoms with van der Waals surface area (Å²) in [6.45, 7) is 6.07. The van der Waals surface area contributed by atoms with Crippen LogP contribution < -0.4 is 14.4 Å². The van der Waals surface area contributed by atoms with Gasteiger partial charge in [-0.2, -0.15) is 0 Å². The van der Waals surface area contributed by atoms with E-state index < -0.39 is 0 Å². The van der Waals surface area contributed by atoms with Crippen molar-refractivity contribution in [2.24, 2.45) is 4.99 Å². The highest BCUT2D eigenvalue weighted by Gasteiger charge is 2.32. The van der Waals surface area contributed by atoms with Crippen molar-refractivity contribution in [3.8, 4) is 11.5 Å². The Bertz CT molecular complexity index is 1390. The lowest BCUT2D eigenvalue weighted by Gasteiger charge is -2.18. The van der Waals surface area contributed by atoms with Gasteiger partial charge in [0.2, 0.25) is 6.79 Å². The number of carbonyl (C=O) groups is 2. The molecule has 0 aromatic heterocycles. The van der Waals surface area contributed by atoms with Gasteiger partial charge in [-0.1, -0.05) is 53.2 Å².